The number of anilines is 2. The van der Waals surface area contributed by atoms with Crippen LogP contribution in [-0.2, 0) is 14.4 Å². The van der Waals surface area contributed by atoms with E-state index in [9.17, 15) is 32.7 Å². The van der Waals surface area contributed by atoms with Gasteiger partial charge in [0, 0.05) is 18.0 Å². The third kappa shape index (κ3) is 7.64. The topological polar surface area (TPSA) is 98.7 Å². The van der Waals surface area contributed by atoms with Crippen molar-refractivity contribution in [2.45, 2.75) is 71.1 Å². The van der Waals surface area contributed by atoms with Gasteiger partial charge in [0.1, 0.15) is 6.04 Å². The van der Waals surface area contributed by atoms with Gasteiger partial charge in [-0.15, -0.1) is 0 Å². The molecule has 7 nitrogen and oxygen atoms in total. The molecule has 184 valence electrons. The first kappa shape index (κ1) is 26.5. The van der Waals surface area contributed by atoms with Crippen LogP contribution in [0.4, 0.5) is 24.5 Å². The monoisotopic (exact) mass is 471 g/mol. The maximum absolute atomic E-state index is 12.8. The second kappa shape index (κ2) is 10.9. The van der Waals surface area contributed by atoms with Crippen molar-refractivity contribution in [3.63, 3.8) is 0 Å². The molecule has 33 heavy (non-hydrogen) atoms. The molecule has 3 N–H and O–H groups in total. The number of carbonyl (C=O) groups excluding carboxylic acids is 2. The number of rotatable bonds is 9. The smallest absolute Gasteiger partial charge is 0.471 e. The van der Waals surface area contributed by atoms with E-state index in [1.807, 2.05) is 0 Å². The Kier molecular flexibility index (Phi) is 8.74. The lowest BCUT2D eigenvalue weighted by atomic mass is 9.91. The van der Waals surface area contributed by atoms with E-state index in [4.69, 9.17) is 0 Å². The number of nitrogens with one attached hydrogen (secondary N) is 2. The van der Waals surface area contributed by atoms with Crippen LogP contribution < -0.4 is 15.5 Å². The Bertz CT molecular complexity index is 846. The zero-order chi connectivity index (χ0) is 24.8. The Hall–Kier alpha value is -2.78. The summed E-state index contributed by atoms with van der Waals surface area (Å²) < 4.78 is 38.3. The molecule has 10 heteroatoms. The molecule has 0 spiro atoms. The van der Waals surface area contributed by atoms with Crippen LogP contribution in [0.15, 0.2) is 24.3 Å². The zero-order valence-corrected chi connectivity index (χ0v) is 19.2. The van der Waals surface area contributed by atoms with Crippen LogP contribution in [0.5, 0.6) is 0 Å². The minimum Gasteiger partial charge on any atom is -0.480 e. The molecule has 1 amide bonds. The Labute approximate surface area is 191 Å². The van der Waals surface area contributed by atoms with Crippen LogP contribution in [0.3, 0.4) is 0 Å². The van der Waals surface area contributed by atoms with E-state index in [0.29, 0.717) is 11.4 Å². The number of benzene rings is 1. The lowest BCUT2D eigenvalue weighted by Gasteiger charge is -2.39. The van der Waals surface area contributed by atoms with Gasteiger partial charge >= 0.3 is 18.1 Å². The van der Waals surface area contributed by atoms with Gasteiger partial charge < -0.3 is 20.6 Å². The predicted molar refractivity (Wildman–Crippen MR) is 119 cm³/mol. The first-order valence-electron chi connectivity index (χ1n) is 11.0. The Balaban J connectivity index is 2.35. The summed E-state index contributed by atoms with van der Waals surface area (Å²) in [6, 6.07) is 5.11. The quantitative estimate of drug-likeness (QED) is 0.504. The SMILES string of the molecule is CC(C)(C)C(=O)CNc1ccccc1N(CC(NC(=O)C(F)(F)F)C(=O)O)C1CCCCC1. The standard InChI is InChI=1S/C23H32F3N3O4/c1-22(2,3)19(30)13-27-16-11-7-8-12-18(16)29(15-9-5-4-6-10-15)14-17(20(31)32)28-21(33)23(24,25)26/h7-8,11-12,15,17,27H,4-6,9-10,13-14H2,1-3H3,(H,28,33)(H,31,32). The highest BCUT2D eigenvalue weighted by atomic mass is 19.4. The van der Waals surface area contributed by atoms with Gasteiger partial charge in [-0.3, -0.25) is 9.59 Å². The molecular weight excluding hydrogens is 439 g/mol. The van der Waals surface area contributed by atoms with Crippen LogP contribution in [0.1, 0.15) is 52.9 Å². The van der Waals surface area contributed by atoms with Gasteiger partial charge in [-0.25, -0.2) is 4.79 Å². The van der Waals surface area contributed by atoms with Gasteiger partial charge in [-0.05, 0) is 25.0 Å². The number of hydrogen-bond donors (Lipinski definition) is 3. The number of nitrogens with zero attached hydrogens (tertiary/aromatic N) is 1. The van der Waals surface area contributed by atoms with Crippen LogP contribution in [-0.4, -0.2) is 54.1 Å². The van der Waals surface area contributed by atoms with E-state index in [-0.39, 0.29) is 24.9 Å². The Morgan fingerprint density at radius 2 is 1.70 bits per heavy atom. The molecule has 0 saturated heterocycles. The predicted octanol–water partition coefficient (Wildman–Crippen LogP) is 3.98. The molecule has 1 aliphatic rings. The van der Waals surface area contributed by atoms with Crippen molar-refractivity contribution in [3.05, 3.63) is 24.3 Å². The minimum absolute atomic E-state index is 0.0256. The Morgan fingerprint density at radius 1 is 1.09 bits per heavy atom. The second-order valence-electron chi connectivity index (χ2n) is 9.35. The third-order valence-electron chi connectivity index (χ3n) is 5.75. The van der Waals surface area contributed by atoms with Crippen LogP contribution in [0.25, 0.3) is 0 Å². The molecule has 0 aromatic heterocycles. The van der Waals surface area contributed by atoms with Crippen LogP contribution in [0.2, 0.25) is 0 Å². The molecular formula is C23H32F3N3O4. The van der Waals surface area contributed by atoms with Crippen molar-refractivity contribution < 1.29 is 32.7 Å². The fourth-order valence-electron chi connectivity index (χ4n) is 3.77. The van der Waals surface area contributed by atoms with Gasteiger partial charge in [0.25, 0.3) is 0 Å². The molecule has 1 atom stereocenters. The summed E-state index contributed by atoms with van der Waals surface area (Å²) >= 11 is 0. The van der Waals surface area contributed by atoms with Crippen molar-refractivity contribution in [3.8, 4) is 0 Å². The van der Waals surface area contributed by atoms with Gasteiger partial charge in [0.2, 0.25) is 0 Å². The molecule has 1 aromatic carbocycles. The average Bonchev–Trinajstić information content (AvgIpc) is 2.74. The normalized spacial score (nSPS) is 16.1. The highest BCUT2D eigenvalue weighted by molar-refractivity contribution is 5.89. The fraction of sp³-hybridized carbons (Fsp3) is 0.609. The van der Waals surface area contributed by atoms with Gasteiger partial charge in [-0.2, -0.15) is 13.2 Å². The number of carboxylic acids is 1. The molecule has 0 aliphatic heterocycles. The summed E-state index contributed by atoms with van der Waals surface area (Å²) in [6.45, 7) is 5.12. The van der Waals surface area contributed by atoms with Crippen molar-refractivity contribution in [2.75, 3.05) is 23.3 Å². The number of carboxylic acid groups (broad SMARTS) is 1. The first-order chi connectivity index (χ1) is 15.3. The van der Waals surface area contributed by atoms with E-state index in [1.165, 1.54) is 0 Å². The zero-order valence-electron chi connectivity index (χ0n) is 19.2. The third-order valence-corrected chi connectivity index (χ3v) is 5.75. The van der Waals surface area contributed by atoms with E-state index in [0.717, 1.165) is 32.1 Å². The number of Topliss-reactive ketones (excluding diaryl/α,β-unsaturated/α-hetero) is 1. The van der Waals surface area contributed by atoms with Gasteiger partial charge in [0.05, 0.1) is 17.9 Å². The molecule has 1 unspecified atom stereocenters. The molecule has 0 heterocycles. The number of ketones is 1. The average molecular weight is 472 g/mol. The van der Waals surface area contributed by atoms with Gasteiger partial charge in [0.15, 0.2) is 5.78 Å². The summed E-state index contributed by atoms with van der Waals surface area (Å²) in [5.74, 6) is -3.87. The molecule has 1 aromatic rings. The molecule has 0 radical (unpaired) electrons. The van der Waals surface area contributed by atoms with Crippen LogP contribution >= 0.6 is 0 Å². The number of alkyl halides is 3. The van der Waals surface area contributed by atoms with E-state index >= 15 is 0 Å². The largest absolute Gasteiger partial charge is 0.480 e. The van der Waals surface area contributed by atoms with Crippen molar-refractivity contribution >= 4 is 29.0 Å². The summed E-state index contributed by atoms with van der Waals surface area (Å²) in [6.07, 6.45) is -0.852. The number of hydrogen-bond acceptors (Lipinski definition) is 5. The highest BCUT2D eigenvalue weighted by Crippen LogP contribution is 2.33. The van der Waals surface area contributed by atoms with Crippen molar-refractivity contribution in [1.29, 1.82) is 0 Å². The maximum Gasteiger partial charge on any atom is 0.471 e. The number of amides is 1. The van der Waals surface area contributed by atoms with E-state index in [2.05, 4.69) is 5.32 Å². The van der Waals surface area contributed by atoms with E-state index in [1.54, 1.807) is 55.3 Å². The molecule has 1 fully saturated rings. The molecule has 1 saturated carbocycles. The molecule has 2 rings (SSSR count). The summed E-state index contributed by atoms with van der Waals surface area (Å²) in [4.78, 5) is 37.3. The minimum atomic E-state index is -5.18. The number of carbonyl (C=O) groups is 3. The first-order valence-corrected chi connectivity index (χ1v) is 11.0. The summed E-state index contributed by atoms with van der Waals surface area (Å²) in [5.41, 5.74) is 0.604. The highest BCUT2D eigenvalue weighted by Gasteiger charge is 2.41. The summed E-state index contributed by atoms with van der Waals surface area (Å²) in [7, 11) is 0. The lowest BCUT2D eigenvalue weighted by Crippen LogP contribution is -2.54. The fourth-order valence-corrected chi connectivity index (χ4v) is 3.77. The molecule has 0 bridgehead atoms. The van der Waals surface area contributed by atoms with Crippen molar-refractivity contribution in [2.24, 2.45) is 5.41 Å². The Morgan fingerprint density at radius 3 is 2.24 bits per heavy atom. The van der Waals surface area contributed by atoms with Crippen LogP contribution in [0, 0.1) is 5.41 Å². The summed E-state index contributed by atoms with van der Waals surface area (Å²) in [5, 5.41) is 14.3. The number of aliphatic carboxylic acids is 1. The lowest BCUT2D eigenvalue weighted by molar-refractivity contribution is -0.175. The van der Waals surface area contributed by atoms with E-state index < -0.39 is 29.5 Å². The van der Waals surface area contributed by atoms with Gasteiger partial charge in [-0.1, -0.05) is 52.2 Å². The second-order valence-corrected chi connectivity index (χ2v) is 9.35. The number of para-hydroxylation sites is 2. The molecule has 1 aliphatic carbocycles. The maximum atomic E-state index is 12.8. The van der Waals surface area contributed by atoms with Crippen molar-refractivity contribution in [1.82, 2.24) is 5.32 Å². The number of halogens is 3.